The molecule has 1 amide bonds. The van der Waals surface area contributed by atoms with Crippen molar-refractivity contribution in [3.63, 3.8) is 0 Å². The number of benzene rings is 2. The van der Waals surface area contributed by atoms with E-state index in [2.05, 4.69) is 53.3 Å². The Kier molecular flexibility index (Phi) is 7.37. The molecule has 162 valence electrons. The third-order valence-electron chi connectivity index (χ3n) is 5.73. The lowest BCUT2D eigenvalue weighted by molar-refractivity contribution is -0.126. The van der Waals surface area contributed by atoms with Gasteiger partial charge in [-0.25, -0.2) is 12.7 Å². The third-order valence-corrected chi connectivity index (χ3v) is 8.11. The van der Waals surface area contributed by atoms with Gasteiger partial charge < -0.3 is 5.32 Å². The monoisotopic (exact) mass is 492 g/mol. The van der Waals surface area contributed by atoms with Crippen LogP contribution in [0.15, 0.2) is 46.9 Å². The lowest BCUT2D eigenvalue weighted by atomic mass is 9.95. The standard InChI is InChI=1S/C23H29BrN2O3S/c1-16-4-9-22(17(2)14-16)18(3)25-23(27)20-10-12-26(13-11-20)30(28,29)15-19-5-7-21(24)8-6-19/h4-9,14,18,20H,10-13,15H2,1-3H3,(H,25,27). The van der Waals surface area contributed by atoms with Gasteiger partial charge >= 0.3 is 0 Å². The Bertz CT molecular complexity index is 998. The van der Waals surface area contributed by atoms with Gasteiger partial charge in [0.1, 0.15) is 0 Å². The number of nitrogens with zero attached hydrogens (tertiary/aromatic N) is 1. The molecule has 1 fully saturated rings. The van der Waals surface area contributed by atoms with Crippen molar-refractivity contribution in [2.24, 2.45) is 5.92 Å². The van der Waals surface area contributed by atoms with Gasteiger partial charge in [-0.3, -0.25) is 4.79 Å². The second-order valence-corrected chi connectivity index (χ2v) is 11.0. The SMILES string of the molecule is Cc1ccc(C(C)NC(=O)C2CCN(S(=O)(=O)Cc3ccc(Br)cc3)CC2)c(C)c1. The summed E-state index contributed by atoms with van der Waals surface area (Å²) in [6.07, 6.45) is 1.09. The summed E-state index contributed by atoms with van der Waals surface area (Å²) >= 11 is 3.36. The Morgan fingerprint density at radius 3 is 2.37 bits per heavy atom. The van der Waals surface area contributed by atoms with Crippen LogP contribution < -0.4 is 5.32 Å². The van der Waals surface area contributed by atoms with Crippen LogP contribution >= 0.6 is 15.9 Å². The van der Waals surface area contributed by atoms with Gasteiger partial charge in [-0.05, 0) is 62.4 Å². The van der Waals surface area contributed by atoms with Crippen molar-refractivity contribution >= 4 is 31.9 Å². The van der Waals surface area contributed by atoms with E-state index in [4.69, 9.17) is 0 Å². The first-order valence-electron chi connectivity index (χ1n) is 10.3. The summed E-state index contributed by atoms with van der Waals surface area (Å²) in [5.41, 5.74) is 4.24. The smallest absolute Gasteiger partial charge is 0.223 e. The number of nitrogens with one attached hydrogen (secondary N) is 1. The molecule has 1 aliphatic heterocycles. The Morgan fingerprint density at radius 2 is 1.77 bits per heavy atom. The number of halogens is 1. The van der Waals surface area contributed by atoms with Gasteiger partial charge in [-0.1, -0.05) is 51.8 Å². The minimum absolute atomic E-state index is 0.00688. The first-order valence-corrected chi connectivity index (χ1v) is 12.7. The van der Waals surface area contributed by atoms with E-state index in [1.807, 2.05) is 31.2 Å². The van der Waals surface area contributed by atoms with E-state index in [9.17, 15) is 13.2 Å². The average molecular weight is 493 g/mol. The number of hydrogen-bond acceptors (Lipinski definition) is 3. The first-order chi connectivity index (χ1) is 14.2. The maximum Gasteiger partial charge on any atom is 0.223 e. The van der Waals surface area contributed by atoms with E-state index in [0.29, 0.717) is 25.9 Å². The second-order valence-electron chi connectivity index (χ2n) is 8.15. The van der Waals surface area contributed by atoms with Crippen molar-refractivity contribution < 1.29 is 13.2 Å². The van der Waals surface area contributed by atoms with Crippen LogP contribution in [0.3, 0.4) is 0 Å². The largest absolute Gasteiger partial charge is 0.349 e. The van der Waals surface area contributed by atoms with Crippen LogP contribution in [0.5, 0.6) is 0 Å². The molecule has 30 heavy (non-hydrogen) atoms. The van der Waals surface area contributed by atoms with Crippen LogP contribution in [0.2, 0.25) is 0 Å². The first kappa shape index (κ1) is 23.0. The van der Waals surface area contributed by atoms with Gasteiger partial charge in [0.15, 0.2) is 0 Å². The molecule has 1 unspecified atom stereocenters. The number of rotatable bonds is 6. The fourth-order valence-electron chi connectivity index (χ4n) is 4.00. The Balaban J connectivity index is 1.55. The average Bonchev–Trinajstić information content (AvgIpc) is 2.69. The molecule has 0 aromatic heterocycles. The fraction of sp³-hybridized carbons (Fsp3) is 0.435. The second kappa shape index (κ2) is 9.62. The number of amides is 1. The Morgan fingerprint density at radius 1 is 1.13 bits per heavy atom. The zero-order valence-corrected chi connectivity index (χ0v) is 20.1. The van der Waals surface area contributed by atoms with Gasteiger partial charge in [0.25, 0.3) is 0 Å². The Labute approximate surface area is 188 Å². The van der Waals surface area contributed by atoms with Crippen molar-refractivity contribution in [2.75, 3.05) is 13.1 Å². The van der Waals surface area contributed by atoms with E-state index in [1.165, 1.54) is 9.87 Å². The van der Waals surface area contributed by atoms with E-state index in [-0.39, 0.29) is 23.6 Å². The number of carbonyl (C=O) groups is 1. The molecular weight excluding hydrogens is 464 g/mol. The zero-order valence-electron chi connectivity index (χ0n) is 17.7. The molecule has 7 heteroatoms. The molecule has 0 spiro atoms. The van der Waals surface area contributed by atoms with Gasteiger partial charge in [-0.2, -0.15) is 0 Å². The number of hydrogen-bond donors (Lipinski definition) is 1. The topological polar surface area (TPSA) is 66.5 Å². The summed E-state index contributed by atoms with van der Waals surface area (Å²) in [5.74, 6) is -0.161. The highest BCUT2D eigenvalue weighted by Gasteiger charge is 2.31. The van der Waals surface area contributed by atoms with Gasteiger partial charge in [0, 0.05) is 23.5 Å². The molecule has 3 rings (SSSR count). The molecule has 0 radical (unpaired) electrons. The number of sulfonamides is 1. The predicted octanol–water partition coefficient (Wildman–Crippen LogP) is 4.49. The minimum atomic E-state index is -3.39. The predicted molar refractivity (Wildman–Crippen MR) is 124 cm³/mol. The van der Waals surface area contributed by atoms with Gasteiger partial charge in [0.2, 0.25) is 15.9 Å². The van der Waals surface area contributed by atoms with Crippen LogP contribution in [-0.4, -0.2) is 31.7 Å². The third kappa shape index (κ3) is 5.71. The maximum absolute atomic E-state index is 12.8. The highest BCUT2D eigenvalue weighted by molar-refractivity contribution is 9.10. The number of aryl methyl sites for hydroxylation is 2. The fourth-order valence-corrected chi connectivity index (χ4v) is 5.83. The molecule has 1 saturated heterocycles. The highest BCUT2D eigenvalue weighted by Crippen LogP contribution is 2.24. The Hall–Kier alpha value is -1.70. The molecule has 0 aliphatic carbocycles. The zero-order chi connectivity index (χ0) is 21.9. The molecule has 2 aromatic rings. The molecule has 1 aliphatic rings. The van der Waals surface area contributed by atoms with Gasteiger partial charge in [-0.15, -0.1) is 0 Å². The molecule has 0 bridgehead atoms. The minimum Gasteiger partial charge on any atom is -0.349 e. The van der Waals surface area contributed by atoms with Crippen molar-refractivity contribution in [1.82, 2.24) is 9.62 Å². The molecule has 5 nitrogen and oxygen atoms in total. The summed E-state index contributed by atoms with van der Waals surface area (Å²) in [6, 6.07) is 13.5. The molecule has 2 aromatic carbocycles. The van der Waals surface area contributed by atoms with Crippen molar-refractivity contribution in [1.29, 1.82) is 0 Å². The molecule has 1 atom stereocenters. The van der Waals surface area contributed by atoms with Crippen LogP contribution in [0.4, 0.5) is 0 Å². The summed E-state index contributed by atoms with van der Waals surface area (Å²) < 4.78 is 28.0. The number of piperidine rings is 1. The van der Waals surface area contributed by atoms with E-state index < -0.39 is 10.0 Å². The normalized spacial score (nSPS) is 16.9. The molecular formula is C23H29BrN2O3S. The van der Waals surface area contributed by atoms with Crippen LogP contribution in [0, 0.1) is 19.8 Å². The van der Waals surface area contributed by atoms with Crippen molar-refractivity contribution in [2.45, 2.75) is 45.4 Å². The molecule has 1 heterocycles. The van der Waals surface area contributed by atoms with Gasteiger partial charge in [0.05, 0.1) is 11.8 Å². The molecule has 1 N–H and O–H groups in total. The summed E-state index contributed by atoms with van der Waals surface area (Å²) in [6.45, 7) is 6.87. The van der Waals surface area contributed by atoms with E-state index in [0.717, 1.165) is 21.2 Å². The van der Waals surface area contributed by atoms with Crippen molar-refractivity contribution in [3.8, 4) is 0 Å². The number of carbonyl (C=O) groups excluding carboxylic acids is 1. The quantitative estimate of drug-likeness (QED) is 0.645. The molecule has 0 saturated carbocycles. The van der Waals surface area contributed by atoms with E-state index >= 15 is 0 Å². The summed E-state index contributed by atoms with van der Waals surface area (Å²) in [5, 5.41) is 3.11. The lowest BCUT2D eigenvalue weighted by Crippen LogP contribution is -2.43. The van der Waals surface area contributed by atoms with Crippen LogP contribution in [0.25, 0.3) is 0 Å². The lowest BCUT2D eigenvalue weighted by Gasteiger charge is -2.31. The summed E-state index contributed by atoms with van der Waals surface area (Å²) in [4.78, 5) is 12.8. The summed E-state index contributed by atoms with van der Waals surface area (Å²) in [7, 11) is -3.39. The van der Waals surface area contributed by atoms with Crippen LogP contribution in [-0.2, 0) is 20.6 Å². The van der Waals surface area contributed by atoms with Crippen LogP contribution in [0.1, 0.15) is 48.1 Å². The van der Waals surface area contributed by atoms with Crippen molar-refractivity contribution in [3.05, 3.63) is 69.2 Å². The maximum atomic E-state index is 12.8. The van der Waals surface area contributed by atoms with E-state index in [1.54, 1.807) is 0 Å². The highest BCUT2D eigenvalue weighted by atomic mass is 79.9.